The molecule has 0 amide bonds. The maximum Gasteiger partial charge on any atom is 0.129 e. The van der Waals surface area contributed by atoms with E-state index in [1.807, 2.05) is 19.1 Å². The number of aliphatic hydroxyl groups excluding tert-OH is 1. The van der Waals surface area contributed by atoms with Gasteiger partial charge in [0.2, 0.25) is 0 Å². The van der Waals surface area contributed by atoms with Gasteiger partial charge in [0.25, 0.3) is 0 Å². The number of hydrogen-bond acceptors (Lipinski definition) is 2. The van der Waals surface area contributed by atoms with Crippen LogP contribution in [0.25, 0.3) is 0 Å². The average molecular weight is 272 g/mol. The smallest absolute Gasteiger partial charge is 0.129 e. The molecule has 1 N–H and O–H groups in total. The topological polar surface area (TPSA) is 29.5 Å². The average Bonchev–Trinajstić information content (AvgIpc) is 2.48. The summed E-state index contributed by atoms with van der Waals surface area (Å²) in [6.45, 7) is 2.62. The lowest BCUT2D eigenvalue weighted by Gasteiger charge is -2.20. The third-order valence-electron chi connectivity index (χ3n) is 3.69. The fraction of sp³-hybridized carbons (Fsp3) is 0.294. The predicted octanol–water partition coefficient (Wildman–Crippen LogP) is 3.54. The molecule has 2 aromatic carbocycles. The van der Waals surface area contributed by atoms with Gasteiger partial charge in [-0.2, -0.15) is 0 Å². The second-order valence-corrected chi connectivity index (χ2v) is 5.25. The third-order valence-corrected chi connectivity index (χ3v) is 3.69. The van der Waals surface area contributed by atoms with Crippen molar-refractivity contribution in [2.75, 3.05) is 6.61 Å². The second-order valence-electron chi connectivity index (χ2n) is 5.25. The van der Waals surface area contributed by atoms with Crippen LogP contribution < -0.4 is 4.74 Å². The standard InChI is InChI=1S/C17H17FO2/c1-11-4-6-15(18)14(9-11)17(19)13-5-7-16-12(10-13)3-2-8-20-16/h4-7,9-10,17,19H,2-3,8H2,1H3. The van der Waals surface area contributed by atoms with E-state index in [2.05, 4.69) is 0 Å². The molecule has 20 heavy (non-hydrogen) atoms. The van der Waals surface area contributed by atoms with Gasteiger partial charge in [-0.25, -0.2) is 4.39 Å². The Morgan fingerprint density at radius 3 is 2.90 bits per heavy atom. The molecular weight excluding hydrogens is 255 g/mol. The summed E-state index contributed by atoms with van der Waals surface area (Å²) in [6, 6.07) is 10.4. The highest BCUT2D eigenvalue weighted by Crippen LogP contribution is 2.31. The number of fused-ring (bicyclic) bond motifs is 1. The van der Waals surface area contributed by atoms with E-state index in [9.17, 15) is 9.50 Å². The van der Waals surface area contributed by atoms with Crippen LogP contribution in [-0.4, -0.2) is 11.7 Å². The van der Waals surface area contributed by atoms with Crippen LogP contribution in [0.15, 0.2) is 36.4 Å². The van der Waals surface area contributed by atoms with Crippen LogP contribution in [0.5, 0.6) is 5.75 Å². The monoisotopic (exact) mass is 272 g/mol. The van der Waals surface area contributed by atoms with Gasteiger partial charge in [0.05, 0.1) is 6.61 Å². The minimum Gasteiger partial charge on any atom is -0.493 e. The molecule has 2 aromatic rings. The Morgan fingerprint density at radius 1 is 1.20 bits per heavy atom. The number of ether oxygens (including phenoxy) is 1. The highest BCUT2D eigenvalue weighted by molar-refractivity contribution is 5.42. The number of hydrogen-bond donors (Lipinski definition) is 1. The van der Waals surface area contributed by atoms with Crippen LogP contribution in [0.2, 0.25) is 0 Å². The van der Waals surface area contributed by atoms with Crippen LogP contribution in [0.4, 0.5) is 4.39 Å². The van der Waals surface area contributed by atoms with Gasteiger partial charge in [-0.1, -0.05) is 23.8 Å². The van der Waals surface area contributed by atoms with Crippen molar-refractivity contribution in [2.24, 2.45) is 0 Å². The molecule has 0 bridgehead atoms. The number of halogens is 1. The quantitative estimate of drug-likeness (QED) is 0.906. The van der Waals surface area contributed by atoms with Gasteiger partial charge >= 0.3 is 0 Å². The molecule has 1 unspecified atom stereocenters. The summed E-state index contributed by atoms with van der Waals surface area (Å²) < 4.78 is 19.4. The highest BCUT2D eigenvalue weighted by atomic mass is 19.1. The SMILES string of the molecule is Cc1ccc(F)c(C(O)c2ccc3c(c2)CCCO3)c1. The summed E-state index contributed by atoms with van der Waals surface area (Å²) in [5, 5.41) is 10.4. The maximum absolute atomic E-state index is 13.9. The van der Waals surface area contributed by atoms with Gasteiger partial charge in [0.1, 0.15) is 17.7 Å². The van der Waals surface area contributed by atoms with Crippen molar-refractivity contribution in [2.45, 2.75) is 25.9 Å². The lowest BCUT2D eigenvalue weighted by molar-refractivity contribution is 0.214. The molecular formula is C17H17FO2. The van der Waals surface area contributed by atoms with Crippen LogP contribution in [0.1, 0.15) is 34.8 Å². The van der Waals surface area contributed by atoms with Crippen LogP contribution in [-0.2, 0) is 6.42 Å². The molecule has 1 atom stereocenters. The lowest BCUT2D eigenvalue weighted by Crippen LogP contribution is -2.10. The zero-order valence-corrected chi connectivity index (χ0v) is 11.4. The Hall–Kier alpha value is -1.87. The van der Waals surface area contributed by atoms with Crippen molar-refractivity contribution < 1.29 is 14.2 Å². The summed E-state index contributed by atoms with van der Waals surface area (Å²) in [4.78, 5) is 0. The van der Waals surface area contributed by atoms with Gasteiger partial charge in [-0.3, -0.25) is 0 Å². The van der Waals surface area contributed by atoms with Crippen molar-refractivity contribution in [3.63, 3.8) is 0 Å². The molecule has 0 saturated heterocycles. The van der Waals surface area contributed by atoms with Gasteiger partial charge in [-0.15, -0.1) is 0 Å². The molecule has 3 heteroatoms. The van der Waals surface area contributed by atoms with Crippen molar-refractivity contribution in [3.05, 3.63) is 64.5 Å². The molecule has 0 spiro atoms. The molecule has 1 heterocycles. The Morgan fingerprint density at radius 2 is 2.05 bits per heavy atom. The van der Waals surface area contributed by atoms with E-state index >= 15 is 0 Å². The molecule has 0 fully saturated rings. The molecule has 1 aliphatic heterocycles. The minimum absolute atomic E-state index is 0.321. The number of aliphatic hydroxyl groups is 1. The minimum atomic E-state index is -0.942. The summed E-state index contributed by atoms with van der Waals surface area (Å²) in [6.07, 6.45) is 0.972. The van der Waals surface area contributed by atoms with Crippen LogP contribution >= 0.6 is 0 Å². The first-order valence-corrected chi connectivity index (χ1v) is 6.85. The van der Waals surface area contributed by atoms with E-state index in [0.717, 1.165) is 36.3 Å². The second kappa shape index (κ2) is 5.25. The first kappa shape index (κ1) is 13.1. The molecule has 0 saturated carbocycles. The Kier molecular flexibility index (Phi) is 3.45. The first-order chi connectivity index (χ1) is 9.65. The van der Waals surface area contributed by atoms with Gasteiger partial charge < -0.3 is 9.84 Å². The number of aryl methyl sites for hydroxylation is 2. The molecule has 104 valence electrons. The van der Waals surface area contributed by atoms with Crippen LogP contribution in [0, 0.1) is 12.7 Å². The summed E-state index contributed by atoms with van der Waals surface area (Å²) in [5.74, 6) is 0.494. The highest BCUT2D eigenvalue weighted by Gasteiger charge is 2.18. The summed E-state index contributed by atoms with van der Waals surface area (Å²) in [5.41, 5.74) is 3.04. The van der Waals surface area contributed by atoms with Crippen molar-refractivity contribution >= 4 is 0 Å². The summed E-state index contributed by atoms with van der Waals surface area (Å²) in [7, 11) is 0. The Balaban J connectivity index is 1.97. The first-order valence-electron chi connectivity index (χ1n) is 6.85. The normalized spacial score (nSPS) is 15.3. The maximum atomic E-state index is 13.9. The van der Waals surface area contributed by atoms with E-state index in [-0.39, 0.29) is 5.82 Å². The molecule has 3 rings (SSSR count). The van der Waals surface area contributed by atoms with E-state index in [1.54, 1.807) is 18.2 Å². The third kappa shape index (κ3) is 2.41. The molecule has 0 aromatic heterocycles. The Bertz CT molecular complexity index is 637. The van der Waals surface area contributed by atoms with E-state index in [4.69, 9.17) is 4.74 Å². The van der Waals surface area contributed by atoms with Gasteiger partial charge in [-0.05, 0) is 49.1 Å². The molecule has 2 nitrogen and oxygen atoms in total. The summed E-state index contributed by atoms with van der Waals surface area (Å²) >= 11 is 0. The lowest BCUT2D eigenvalue weighted by atomic mass is 9.96. The predicted molar refractivity (Wildman–Crippen MR) is 75.5 cm³/mol. The van der Waals surface area contributed by atoms with E-state index in [0.29, 0.717) is 11.1 Å². The van der Waals surface area contributed by atoms with Crippen molar-refractivity contribution in [1.29, 1.82) is 0 Å². The van der Waals surface area contributed by atoms with Crippen molar-refractivity contribution in [1.82, 2.24) is 0 Å². The molecule has 0 aliphatic carbocycles. The zero-order chi connectivity index (χ0) is 14.1. The zero-order valence-electron chi connectivity index (χ0n) is 11.4. The van der Waals surface area contributed by atoms with Crippen LogP contribution in [0.3, 0.4) is 0 Å². The largest absolute Gasteiger partial charge is 0.493 e. The molecule has 1 aliphatic rings. The van der Waals surface area contributed by atoms with Gasteiger partial charge in [0, 0.05) is 5.56 Å². The number of rotatable bonds is 2. The fourth-order valence-electron chi connectivity index (χ4n) is 2.60. The van der Waals surface area contributed by atoms with Crippen molar-refractivity contribution in [3.8, 4) is 5.75 Å². The van der Waals surface area contributed by atoms with Gasteiger partial charge in [0.15, 0.2) is 0 Å². The van der Waals surface area contributed by atoms with E-state index < -0.39 is 6.10 Å². The fourth-order valence-corrected chi connectivity index (χ4v) is 2.60. The Labute approximate surface area is 117 Å². The van der Waals surface area contributed by atoms with E-state index in [1.165, 1.54) is 6.07 Å². The molecule has 0 radical (unpaired) electrons. The number of benzene rings is 2.